The number of aryl methyl sites for hydroxylation is 2. The zero-order valence-corrected chi connectivity index (χ0v) is 26.5. The van der Waals surface area contributed by atoms with Crippen molar-refractivity contribution in [2.75, 3.05) is 29.5 Å². The SMILES string of the molecule is C=CCN(C(=O)[C@@H]1[C@H]2C(=O)N([C@@H](CO)C(C)C)C(C(=O)N(CC=C)c3c(C)cccc3C)C23CC[C@@]1(C)O3)c1ccccc1. The van der Waals surface area contributed by atoms with Crippen molar-refractivity contribution in [3.8, 4) is 0 Å². The highest BCUT2D eigenvalue weighted by atomic mass is 16.5. The minimum Gasteiger partial charge on any atom is -0.394 e. The third-order valence-corrected chi connectivity index (χ3v) is 9.96. The normalized spacial score (nSPS) is 27.8. The smallest absolute Gasteiger partial charge is 0.253 e. The summed E-state index contributed by atoms with van der Waals surface area (Å²) < 4.78 is 6.91. The molecule has 3 heterocycles. The van der Waals surface area contributed by atoms with Gasteiger partial charge in [0.2, 0.25) is 11.8 Å². The van der Waals surface area contributed by atoms with Crippen LogP contribution in [0.3, 0.4) is 0 Å². The molecule has 2 bridgehead atoms. The average Bonchev–Trinajstić information content (AvgIpc) is 3.56. The Balaban J connectivity index is 1.67. The van der Waals surface area contributed by atoms with Gasteiger partial charge in [0.25, 0.3) is 5.91 Å². The van der Waals surface area contributed by atoms with Gasteiger partial charge in [-0.25, -0.2) is 0 Å². The van der Waals surface area contributed by atoms with Crippen LogP contribution in [0, 0.1) is 31.6 Å². The fourth-order valence-corrected chi connectivity index (χ4v) is 8.02. The number of carbonyl (C=O) groups is 3. The Labute approximate surface area is 261 Å². The van der Waals surface area contributed by atoms with Crippen molar-refractivity contribution < 1.29 is 24.2 Å². The van der Waals surface area contributed by atoms with Gasteiger partial charge in [0, 0.05) is 24.5 Å². The number of ether oxygens (including phenoxy) is 1. The van der Waals surface area contributed by atoms with E-state index in [4.69, 9.17) is 4.74 Å². The summed E-state index contributed by atoms with van der Waals surface area (Å²) in [4.78, 5) is 49.3. The van der Waals surface area contributed by atoms with Crippen LogP contribution < -0.4 is 9.80 Å². The summed E-state index contributed by atoms with van der Waals surface area (Å²) >= 11 is 0. The topological polar surface area (TPSA) is 90.4 Å². The lowest BCUT2D eigenvalue weighted by Crippen LogP contribution is -2.60. The number of para-hydroxylation sites is 2. The average molecular weight is 600 g/mol. The first kappa shape index (κ1) is 31.7. The monoisotopic (exact) mass is 599 g/mol. The van der Waals surface area contributed by atoms with Crippen LogP contribution in [0.2, 0.25) is 0 Å². The van der Waals surface area contributed by atoms with Crippen LogP contribution in [0.1, 0.15) is 44.7 Å². The number of likely N-dealkylation sites (tertiary alicyclic amines) is 1. The number of nitrogens with zero attached hydrogens (tertiary/aromatic N) is 3. The zero-order valence-electron chi connectivity index (χ0n) is 26.5. The van der Waals surface area contributed by atoms with Crippen molar-refractivity contribution in [2.24, 2.45) is 17.8 Å². The summed E-state index contributed by atoms with van der Waals surface area (Å²) in [7, 11) is 0. The van der Waals surface area contributed by atoms with E-state index in [9.17, 15) is 14.7 Å². The summed E-state index contributed by atoms with van der Waals surface area (Å²) in [5.41, 5.74) is 1.15. The second-order valence-corrected chi connectivity index (χ2v) is 13.0. The van der Waals surface area contributed by atoms with Gasteiger partial charge in [-0.15, -0.1) is 13.2 Å². The Morgan fingerprint density at radius 1 is 1.00 bits per heavy atom. The van der Waals surface area contributed by atoms with Gasteiger partial charge < -0.3 is 24.5 Å². The quantitative estimate of drug-likeness (QED) is 0.374. The molecule has 5 rings (SSSR count). The Morgan fingerprint density at radius 2 is 1.61 bits per heavy atom. The largest absolute Gasteiger partial charge is 0.394 e. The van der Waals surface area contributed by atoms with Gasteiger partial charge in [0.15, 0.2) is 0 Å². The van der Waals surface area contributed by atoms with Crippen molar-refractivity contribution in [3.63, 3.8) is 0 Å². The molecule has 2 aromatic rings. The third kappa shape index (κ3) is 4.79. The molecule has 1 N–H and O–H groups in total. The van der Waals surface area contributed by atoms with Gasteiger partial charge in [-0.05, 0) is 62.8 Å². The molecule has 1 spiro atoms. The van der Waals surface area contributed by atoms with Crippen LogP contribution in [0.4, 0.5) is 11.4 Å². The standard InChI is InChI=1S/C36H45N3O5/c1-8-20-37(26-16-11-10-12-17-26)32(41)28-29-33(42)39(27(22-40)23(3)4)31(36(29)19-18-35(28,7)44-36)34(43)38(21-9-2)30-24(5)14-13-15-25(30)6/h8-17,23,27-29,31,40H,1-2,18-22H2,3-7H3/t27-,28-,29-,31?,35+,36?/m0/s1. The fourth-order valence-electron chi connectivity index (χ4n) is 8.02. The second kappa shape index (κ2) is 12.0. The molecular weight excluding hydrogens is 554 g/mol. The molecule has 234 valence electrons. The number of carbonyl (C=O) groups excluding carboxylic acids is 3. The Kier molecular flexibility index (Phi) is 8.62. The molecule has 44 heavy (non-hydrogen) atoms. The van der Waals surface area contributed by atoms with Crippen molar-refractivity contribution >= 4 is 29.1 Å². The van der Waals surface area contributed by atoms with E-state index in [-0.39, 0.29) is 43.3 Å². The molecular formula is C36H45N3O5. The van der Waals surface area contributed by atoms with Crippen LogP contribution >= 0.6 is 0 Å². The molecule has 0 radical (unpaired) electrons. The van der Waals surface area contributed by atoms with Crippen molar-refractivity contribution in [3.05, 3.63) is 85.0 Å². The molecule has 3 fully saturated rings. The van der Waals surface area contributed by atoms with Crippen LogP contribution in [0.25, 0.3) is 0 Å². The number of rotatable bonds is 11. The van der Waals surface area contributed by atoms with Crippen molar-refractivity contribution in [1.82, 2.24) is 4.90 Å². The van der Waals surface area contributed by atoms with E-state index in [0.29, 0.717) is 18.5 Å². The first-order valence-corrected chi connectivity index (χ1v) is 15.6. The lowest BCUT2D eigenvalue weighted by atomic mass is 9.66. The molecule has 0 aromatic heterocycles. The number of fused-ring (bicyclic) bond motifs is 1. The van der Waals surface area contributed by atoms with Gasteiger partial charge in [-0.3, -0.25) is 14.4 Å². The number of amides is 3. The fraction of sp³-hybridized carbons (Fsp3) is 0.472. The van der Waals surface area contributed by atoms with E-state index in [2.05, 4.69) is 13.2 Å². The predicted octanol–water partition coefficient (Wildman–Crippen LogP) is 4.82. The number of hydrogen-bond donors (Lipinski definition) is 1. The van der Waals surface area contributed by atoms with E-state index < -0.39 is 35.1 Å². The summed E-state index contributed by atoms with van der Waals surface area (Å²) in [5.74, 6) is -2.68. The van der Waals surface area contributed by atoms with Crippen LogP contribution in [0.5, 0.6) is 0 Å². The highest BCUT2D eigenvalue weighted by molar-refractivity contribution is 6.07. The summed E-state index contributed by atoms with van der Waals surface area (Å²) in [6.45, 7) is 17.7. The minimum absolute atomic E-state index is 0.147. The summed E-state index contributed by atoms with van der Waals surface area (Å²) in [5, 5.41) is 10.6. The Morgan fingerprint density at radius 3 is 2.18 bits per heavy atom. The van der Waals surface area contributed by atoms with Crippen molar-refractivity contribution in [2.45, 2.75) is 70.7 Å². The van der Waals surface area contributed by atoms with E-state index >= 15 is 4.79 Å². The molecule has 3 aliphatic heterocycles. The maximum Gasteiger partial charge on any atom is 0.253 e. The number of anilines is 2. The molecule has 8 nitrogen and oxygen atoms in total. The third-order valence-electron chi connectivity index (χ3n) is 9.96. The molecule has 3 amide bonds. The van der Waals surface area contributed by atoms with Gasteiger partial charge in [0.1, 0.15) is 11.6 Å². The number of aliphatic hydroxyl groups excluding tert-OH is 1. The number of benzene rings is 2. The Bertz CT molecular complexity index is 1440. The van der Waals surface area contributed by atoms with E-state index in [1.807, 2.05) is 83.1 Å². The van der Waals surface area contributed by atoms with E-state index in [1.54, 1.807) is 26.9 Å². The second-order valence-electron chi connectivity index (χ2n) is 13.0. The van der Waals surface area contributed by atoms with Crippen molar-refractivity contribution in [1.29, 1.82) is 0 Å². The van der Waals surface area contributed by atoms with Gasteiger partial charge >= 0.3 is 0 Å². The highest BCUT2D eigenvalue weighted by Crippen LogP contribution is 2.64. The lowest BCUT2D eigenvalue weighted by molar-refractivity contribution is -0.149. The van der Waals surface area contributed by atoms with Gasteiger partial charge in [-0.1, -0.05) is 62.4 Å². The summed E-state index contributed by atoms with van der Waals surface area (Å²) in [6.07, 6.45) is 4.33. The van der Waals surface area contributed by atoms with Gasteiger partial charge in [0.05, 0.1) is 30.1 Å². The lowest BCUT2D eigenvalue weighted by Gasteiger charge is -2.41. The van der Waals surface area contributed by atoms with Crippen LogP contribution in [-0.4, -0.2) is 70.7 Å². The van der Waals surface area contributed by atoms with Crippen LogP contribution in [0.15, 0.2) is 73.8 Å². The molecule has 2 aromatic carbocycles. The molecule has 6 atom stereocenters. The molecule has 3 aliphatic rings. The first-order chi connectivity index (χ1) is 21.0. The number of aliphatic hydroxyl groups is 1. The highest BCUT2D eigenvalue weighted by Gasteiger charge is 2.79. The Hall–Kier alpha value is -3.75. The molecule has 0 aliphatic carbocycles. The zero-order chi connectivity index (χ0) is 32.0. The molecule has 8 heteroatoms. The van der Waals surface area contributed by atoms with Gasteiger partial charge in [-0.2, -0.15) is 0 Å². The molecule has 0 saturated carbocycles. The van der Waals surface area contributed by atoms with E-state index in [1.165, 1.54) is 0 Å². The number of hydrogen-bond acceptors (Lipinski definition) is 5. The van der Waals surface area contributed by atoms with Crippen LogP contribution in [-0.2, 0) is 19.1 Å². The molecule has 3 saturated heterocycles. The minimum atomic E-state index is -1.22. The maximum absolute atomic E-state index is 15.0. The van der Waals surface area contributed by atoms with E-state index in [0.717, 1.165) is 16.8 Å². The first-order valence-electron chi connectivity index (χ1n) is 15.6. The maximum atomic E-state index is 15.0. The summed E-state index contributed by atoms with van der Waals surface area (Å²) in [6, 6.07) is 13.6. The predicted molar refractivity (Wildman–Crippen MR) is 172 cm³/mol. The molecule has 2 unspecified atom stereocenters.